The summed E-state index contributed by atoms with van der Waals surface area (Å²) in [5, 5.41) is 0. The van der Waals surface area contributed by atoms with Gasteiger partial charge in [0.15, 0.2) is 5.96 Å². The molecule has 2 rings (SSSR count). The van der Waals surface area contributed by atoms with Gasteiger partial charge < -0.3 is 15.4 Å². The van der Waals surface area contributed by atoms with Crippen LogP contribution in [0.5, 0.6) is 0 Å². The largest absolute Gasteiger partial charge is 0.379 e. The molecule has 0 aromatic carbocycles. The van der Waals surface area contributed by atoms with Crippen molar-refractivity contribution in [3.63, 3.8) is 0 Å². The van der Waals surface area contributed by atoms with Gasteiger partial charge in [0.05, 0.1) is 13.2 Å². The number of rotatable bonds is 5. The van der Waals surface area contributed by atoms with Crippen molar-refractivity contribution in [1.82, 2.24) is 9.80 Å². The van der Waals surface area contributed by atoms with Gasteiger partial charge in [0.1, 0.15) is 0 Å². The molecule has 0 amide bonds. The van der Waals surface area contributed by atoms with E-state index in [0.717, 1.165) is 58.3 Å². The van der Waals surface area contributed by atoms with Crippen LogP contribution in [0.4, 0.5) is 0 Å². The SMILES string of the molecule is I.NC(=NCCCCN1CCOCC1)N1CCSCC1. The molecule has 0 aliphatic carbocycles. The van der Waals surface area contributed by atoms with E-state index in [1.807, 2.05) is 11.8 Å². The molecule has 2 N–H and O–H groups in total. The molecule has 5 nitrogen and oxygen atoms in total. The Morgan fingerprint density at radius 3 is 2.50 bits per heavy atom. The average Bonchev–Trinajstić information content (AvgIpc) is 2.49. The minimum Gasteiger partial charge on any atom is -0.379 e. The van der Waals surface area contributed by atoms with Gasteiger partial charge >= 0.3 is 0 Å². The Hall–Kier alpha value is 0.270. The lowest BCUT2D eigenvalue weighted by Gasteiger charge is -2.27. The molecule has 2 fully saturated rings. The maximum absolute atomic E-state index is 6.01. The fraction of sp³-hybridized carbons (Fsp3) is 0.923. The average molecular weight is 414 g/mol. The molecule has 118 valence electrons. The monoisotopic (exact) mass is 414 g/mol. The number of ether oxygens (including phenoxy) is 1. The first kappa shape index (κ1) is 18.3. The molecule has 0 saturated carbocycles. The summed E-state index contributed by atoms with van der Waals surface area (Å²) >= 11 is 2.00. The highest BCUT2D eigenvalue weighted by Crippen LogP contribution is 2.08. The van der Waals surface area contributed by atoms with E-state index in [9.17, 15) is 0 Å². The summed E-state index contributed by atoms with van der Waals surface area (Å²) in [6.45, 7) is 8.06. The third-order valence-electron chi connectivity index (χ3n) is 3.60. The smallest absolute Gasteiger partial charge is 0.191 e. The van der Waals surface area contributed by atoms with Gasteiger partial charge in [0.2, 0.25) is 0 Å². The Morgan fingerprint density at radius 1 is 1.10 bits per heavy atom. The topological polar surface area (TPSA) is 54.1 Å². The number of aliphatic imine (C=N–C) groups is 1. The molecular weight excluding hydrogens is 387 g/mol. The first-order valence-corrected chi connectivity index (χ1v) is 8.44. The molecule has 0 atom stereocenters. The summed E-state index contributed by atoms with van der Waals surface area (Å²) in [6.07, 6.45) is 2.33. The van der Waals surface area contributed by atoms with Crippen LogP contribution < -0.4 is 5.73 Å². The van der Waals surface area contributed by atoms with Crippen molar-refractivity contribution in [2.24, 2.45) is 10.7 Å². The van der Waals surface area contributed by atoms with E-state index in [1.165, 1.54) is 24.5 Å². The predicted molar refractivity (Wildman–Crippen MR) is 97.3 cm³/mol. The van der Waals surface area contributed by atoms with Crippen LogP contribution in [-0.2, 0) is 4.74 Å². The molecule has 0 unspecified atom stereocenters. The van der Waals surface area contributed by atoms with E-state index in [1.54, 1.807) is 0 Å². The third-order valence-corrected chi connectivity index (χ3v) is 4.54. The van der Waals surface area contributed by atoms with E-state index in [0.29, 0.717) is 0 Å². The molecule has 0 aromatic rings. The number of nitrogens with two attached hydrogens (primary N) is 1. The Kier molecular flexibility index (Phi) is 10.0. The highest BCUT2D eigenvalue weighted by atomic mass is 127. The number of hydrogen-bond acceptors (Lipinski definition) is 4. The van der Waals surface area contributed by atoms with Crippen molar-refractivity contribution in [1.29, 1.82) is 0 Å². The number of thioether (sulfide) groups is 1. The third kappa shape index (κ3) is 6.82. The molecule has 2 heterocycles. The second-order valence-corrected chi connectivity index (χ2v) is 6.23. The zero-order valence-corrected chi connectivity index (χ0v) is 15.3. The first-order valence-electron chi connectivity index (χ1n) is 7.29. The van der Waals surface area contributed by atoms with E-state index in [2.05, 4.69) is 14.8 Å². The number of nitrogens with zero attached hydrogens (tertiary/aromatic N) is 3. The van der Waals surface area contributed by atoms with Gasteiger partial charge in [-0.2, -0.15) is 11.8 Å². The van der Waals surface area contributed by atoms with Crippen LogP contribution in [0.3, 0.4) is 0 Å². The predicted octanol–water partition coefficient (Wildman–Crippen LogP) is 1.08. The second kappa shape index (κ2) is 10.9. The maximum Gasteiger partial charge on any atom is 0.191 e. The number of guanidine groups is 1. The van der Waals surface area contributed by atoms with Gasteiger partial charge in [-0.3, -0.25) is 9.89 Å². The fourth-order valence-corrected chi connectivity index (χ4v) is 3.26. The molecule has 20 heavy (non-hydrogen) atoms. The highest BCUT2D eigenvalue weighted by molar-refractivity contribution is 14.0. The van der Waals surface area contributed by atoms with Crippen LogP contribution in [0.15, 0.2) is 4.99 Å². The fourth-order valence-electron chi connectivity index (χ4n) is 2.36. The van der Waals surface area contributed by atoms with Crippen molar-refractivity contribution < 1.29 is 4.74 Å². The van der Waals surface area contributed by atoms with E-state index in [4.69, 9.17) is 10.5 Å². The summed E-state index contributed by atoms with van der Waals surface area (Å²) in [5.74, 6) is 3.09. The van der Waals surface area contributed by atoms with Crippen molar-refractivity contribution in [3.05, 3.63) is 0 Å². The number of morpholine rings is 1. The van der Waals surface area contributed by atoms with Crippen LogP contribution in [0, 0.1) is 0 Å². The van der Waals surface area contributed by atoms with Crippen molar-refractivity contribution >= 4 is 41.7 Å². The minimum absolute atomic E-state index is 0. The van der Waals surface area contributed by atoms with Crippen LogP contribution in [0.25, 0.3) is 0 Å². The summed E-state index contributed by atoms with van der Waals surface area (Å²) in [4.78, 5) is 9.18. The summed E-state index contributed by atoms with van der Waals surface area (Å²) in [6, 6.07) is 0. The van der Waals surface area contributed by atoms with Crippen LogP contribution in [-0.4, -0.2) is 79.7 Å². The molecule has 0 spiro atoms. The molecule has 0 bridgehead atoms. The lowest BCUT2D eigenvalue weighted by molar-refractivity contribution is 0.0373. The van der Waals surface area contributed by atoms with Crippen LogP contribution in [0.1, 0.15) is 12.8 Å². The molecule has 2 aliphatic heterocycles. The zero-order valence-electron chi connectivity index (χ0n) is 12.1. The van der Waals surface area contributed by atoms with E-state index >= 15 is 0 Å². The second-order valence-electron chi connectivity index (χ2n) is 5.00. The summed E-state index contributed by atoms with van der Waals surface area (Å²) in [5.41, 5.74) is 6.01. The van der Waals surface area contributed by atoms with Gasteiger partial charge in [-0.15, -0.1) is 24.0 Å². The van der Waals surface area contributed by atoms with E-state index < -0.39 is 0 Å². The van der Waals surface area contributed by atoms with E-state index in [-0.39, 0.29) is 24.0 Å². The summed E-state index contributed by atoms with van der Waals surface area (Å²) < 4.78 is 5.34. The molecule has 0 radical (unpaired) electrons. The lowest BCUT2D eigenvalue weighted by atomic mass is 10.3. The van der Waals surface area contributed by atoms with Gasteiger partial charge in [0, 0.05) is 44.2 Å². The van der Waals surface area contributed by atoms with Gasteiger partial charge in [-0.25, -0.2) is 0 Å². The summed E-state index contributed by atoms with van der Waals surface area (Å²) in [7, 11) is 0. The van der Waals surface area contributed by atoms with Gasteiger partial charge in [-0.1, -0.05) is 0 Å². The molecule has 7 heteroatoms. The molecular formula is C13H27IN4OS. The zero-order chi connectivity index (χ0) is 13.3. The Morgan fingerprint density at radius 2 is 1.80 bits per heavy atom. The van der Waals surface area contributed by atoms with Crippen molar-refractivity contribution in [2.45, 2.75) is 12.8 Å². The maximum atomic E-state index is 6.01. The Bertz CT molecular complexity index is 282. The minimum atomic E-state index is 0. The van der Waals surface area contributed by atoms with Crippen LogP contribution in [0.2, 0.25) is 0 Å². The number of halogens is 1. The standard InChI is InChI=1S/C13H26N4OS.HI/c14-13(17-7-11-19-12-8-17)15-3-1-2-4-16-5-9-18-10-6-16;/h1-12H2,(H2,14,15);1H. The molecule has 2 aliphatic rings. The normalized spacial score (nSPS) is 21.6. The lowest BCUT2D eigenvalue weighted by Crippen LogP contribution is -2.42. The van der Waals surface area contributed by atoms with Crippen LogP contribution >= 0.6 is 35.7 Å². The van der Waals surface area contributed by atoms with Crippen molar-refractivity contribution in [3.8, 4) is 0 Å². The number of hydrogen-bond donors (Lipinski definition) is 1. The first-order chi connectivity index (χ1) is 9.36. The highest BCUT2D eigenvalue weighted by Gasteiger charge is 2.12. The van der Waals surface area contributed by atoms with Crippen molar-refractivity contribution in [2.75, 3.05) is 64.0 Å². The Labute approximate surface area is 143 Å². The van der Waals surface area contributed by atoms with Gasteiger partial charge in [0.25, 0.3) is 0 Å². The Balaban J connectivity index is 0.00000200. The molecule has 2 saturated heterocycles. The molecule has 0 aromatic heterocycles. The quantitative estimate of drug-likeness (QED) is 0.316. The van der Waals surface area contributed by atoms with Gasteiger partial charge in [-0.05, 0) is 19.4 Å². The number of unbranched alkanes of at least 4 members (excludes halogenated alkanes) is 1.